The van der Waals surface area contributed by atoms with Gasteiger partial charge < -0.3 is 15.0 Å². The van der Waals surface area contributed by atoms with Crippen molar-refractivity contribution in [1.82, 2.24) is 4.57 Å². The highest BCUT2D eigenvalue weighted by Crippen LogP contribution is 2.37. The Bertz CT molecular complexity index is 1530. The van der Waals surface area contributed by atoms with Crippen molar-refractivity contribution in [3.63, 3.8) is 0 Å². The van der Waals surface area contributed by atoms with Crippen molar-refractivity contribution < 1.29 is 17.9 Å². The molecule has 4 rings (SSSR count). The normalized spacial score (nSPS) is 11.2. The molecule has 36 heavy (non-hydrogen) atoms. The highest BCUT2D eigenvalue weighted by atomic mass is 19.4. The SMILES string of the molecule is [C-]#[N+]c1c(C(F)(F)F)cc(-c2ccc(Oc3cccc(N)c3)cc2)n(Cc2ccc(C)cc2C)c1=O. The fraction of sp³-hybridized carbons (Fsp3) is 0.143. The highest BCUT2D eigenvalue weighted by molar-refractivity contribution is 5.67. The van der Waals surface area contributed by atoms with Crippen LogP contribution in [0.5, 0.6) is 11.5 Å². The lowest BCUT2D eigenvalue weighted by Gasteiger charge is -2.19. The largest absolute Gasteiger partial charge is 0.457 e. The van der Waals surface area contributed by atoms with Gasteiger partial charge in [0.1, 0.15) is 11.5 Å². The van der Waals surface area contributed by atoms with Crippen LogP contribution in [0.15, 0.2) is 77.6 Å². The van der Waals surface area contributed by atoms with Crippen LogP contribution in [0, 0.1) is 20.4 Å². The van der Waals surface area contributed by atoms with E-state index in [0.717, 1.165) is 22.8 Å². The molecular formula is C28H22F3N3O2. The summed E-state index contributed by atoms with van der Waals surface area (Å²) in [5.41, 5.74) is 6.21. The van der Waals surface area contributed by atoms with E-state index in [2.05, 4.69) is 4.85 Å². The number of hydrogen-bond acceptors (Lipinski definition) is 3. The first kappa shape index (κ1) is 24.6. The van der Waals surface area contributed by atoms with Crippen molar-refractivity contribution >= 4 is 11.4 Å². The van der Waals surface area contributed by atoms with Crippen LogP contribution in [0.25, 0.3) is 16.1 Å². The van der Waals surface area contributed by atoms with Crippen molar-refractivity contribution in [3.05, 3.63) is 117 Å². The number of aryl methyl sites for hydroxylation is 2. The molecule has 0 atom stereocenters. The van der Waals surface area contributed by atoms with Gasteiger partial charge in [-0.25, -0.2) is 4.85 Å². The molecule has 0 aliphatic rings. The Morgan fingerprint density at radius 2 is 1.69 bits per heavy atom. The van der Waals surface area contributed by atoms with Gasteiger partial charge in [-0.1, -0.05) is 29.8 Å². The Hall–Kier alpha value is -4.51. The molecule has 0 unspecified atom stereocenters. The molecule has 1 aromatic heterocycles. The first-order valence-electron chi connectivity index (χ1n) is 11.0. The predicted molar refractivity (Wildman–Crippen MR) is 133 cm³/mol. The van der Waals surface area contributed by atoms with Crippen LogP contribution < -0.4 is 16.0 Å². The average Bonchev–Trinajstić information content (AvgIpc) is 2.81. The van der Waals surface area contributed by atoms with Crippen molar-refractivity contribution in [3.8, 4) is 22.8 Å². The molecule has 2 N–H and O–H groups in total. The van der Waals surface area contributed by atoms with Gasteiger partial charge in [-0.15, -0.1) is 0 Å². The van der Waals surface area contributed by atoms with E-state index in [0.29, 0.717) is 22.7 Å². The number of hydrogen-bond donors (Lipinski definition) is 1. The minimum absolute atomic E-state index is 0.0163. The van der Waals surface area contributed by atoms with Gasteiger partial charge in [0, 0.05) is 17.4 Å². The zero-order valence-corrected chi connectivity index (χ0v) is 19.6. The first-order chi connectivity index (χ1) is 17.1. The number of pyridine rings is 1. The second-order valence-corrected chi connectivity index (χ2v) is 8.42. The number of rotatable bonds is 5. The van der Waals surface area contributed by atoms with E-state index in [1.54, 1.807) is 48.5 Å². The van der Waals surface area contributed by atoms with Crippen LogP contribution in [0.1, 0.15) is 22.3 Å². The quantitative estimate of drug-likeness (QED) is 0.240. The van der Waals surface area contributed by atoms with Crippen LogP contribution in [0.4, 0.5) is 24.5 Å². The van der Waals surface area contributed by atoms with E-state index in [4.69, 9.17) is 17.0 Å². The zero-order valence-electron chi connectivity index (χ0n) is 19.6. The maximum absolute atomic E-state index is 13.8. The Morgan fingerprint density at radius 1 is 0.972 bits per heavy atom. The summed E-state index contributed by atoms with van der Waals surface area (Å²) in [5, 5.41) is 0. The van der Waals surface area contributed by atoms with Gasteiger partial charge in [0.05, 0.1) is 18.7 Å². The Morgan fingerprint density at radius 3 is 2.31 bits per heavy atom. The van der Waals surface area contributed by atoms with Crippen molar-refractivity contribution in [2.45, 2.75) is 26.6 Å². The van der Waals surface area contributed by atoms with Crippen molar-refractivity contribution in [2.75, 3.05) is 5.73 Å². The number of anilines is 1. The smallest absolute Gasteiger partial charge is 0.407 e. The molecule has 3 aromatic carbocycles. The predicted octanol–water partition coefficient (Wildman–Crippen LogP) is 7.12. The first-order valence-corrected chi connectivity index (χ1v) is 11.0. The number of benzene rings is 3. The van der Waals surface area contributed by atoms with Gasteiger partial charge in [0.2, 0.25) is 0 Å². The van der Waals surface area contributed by atoms with Gasteiger partial charge in [-0.05, 0) is 73.0 Å². The third-order valence-electron chi connectivity index (χ3n) is 5.76. The number of nitrogens with two attached hydrogens (primary N) is 1. The summed E-state index contributed by atoms with van der Waals surface area (Å²) in [6.07, 6.45) is -4.86. The number of nitrogen functional groups attached to an aromatic ring is 1. The summed E-state index contributed by atoms with van der Waals surface area (Å²) in [4.78, 5) is 16.1. The third kappa shape index (κ3) is 5.10. The molecule has 0 amide bonds. The lowest BCUT2D eigenvalue weighted by atomic mass is 10.0. The minimum Gasteiger partial charge on any atom is -0.457 e. The van der Waals surface area contributed by atoms with Crippen molar-refractivity contribution in [1.29, 1.82) is 0 Å². The molecule has 0 saturated carbocycles. The molecule has 5 nitrogen and oxygen atoms in total. The molecule has 0 spiro atoms. The lowest BCUT2D eigenvalue weighted by molar-refractivity contribution is -0.136. The molecule has 0 aliphatic carbocycles. The zero-order chi connectivity index (χ0) is 26.0. The fourth-order valence-electron chi connectivity index (χ4n) is 3.96. The van der Waals surface area contributed by atoms with Crippen molar-refractivity contribution in [2.24, 2.45) is 0 Å². The van der Waals surface area contributed by atoms with Crippen LogP contribution in [-0.2, 0) is 12.7 Å². The van der Waals surface area contributed by atoms with Gasteiger partial charge in [-0.2, -0.15) is 13.2 Å². The molecule has 0 aliphatic heterocycles. The van der Waals surface area contributed by atoms with E-state index in [9.17, 15) is 18.0 Å². The number of nitrogens with zero attached hydrogens (tertiary/aromatic N) is 2. The van der Waals surface area contributed by atoms with E-state index < -0.39 is 23.0 Å². The summed E-state index contributed by atoms with van der Waals surface area (Å²) in [6.45, 7) is 11.1. The topological polar surface area (TPSA) is 61.6 Å². The van der Waals surface area contributed by atoms with Gasteiger partial charge >= 0.3 is 6.18 Å². The molecule has 0 saturated heterocycles. The van der Waals surface area contributed by atoms with E-state index in [-0.39, 0.29) is 12.2 Å². The van der Waals surface area contributed by atoms with Gasteiger partial charge in [-0.3, -0.25) is 4.79 Å². The summed E-state index contributed by atoms with van der Waals surface area (Å²) in [6, 6.07) is 19.7. The van der Waals surface area contributed by atoms with Crippen LogP contribution in [0.2, 0.25) is 0 Å². The molecule has 1 heterocycles. The summed E-state index contributed by atoms with van der Waals surface area (Å²) < 4.78 is 48.4. The van der Waals surface area contributed by atoms with E-state index >= 15 is 0 Å². The Kier molecular flexibility index (Phi) is 6.58. The Balaban J connectivity index is 1.83. The molecule has 4 aromatic rings. The number of halogens is 3. The number of alkyl halides is 3. The maximum Gasteiger partial charge on any atom is 0.407 e. The average molecular weight is 489 g/mol. The standard InChI is InChI=1S/C28H22F3N3O2/c1-17-7-8-20(18(2)13-17)16-34-25(15-24(28(29,30)31)26(33-3)27(34)35)19-9-11-22(12-10-19)36-23-6-4-5-21(32)14-23/h4-15H,16,32H2,1-2H3. The number of aromatic nitrogens is 1. The third-order valence-corrected chi connectivity index (χ3v) is 5.76. The molecule has 182 valence electrons. The minimum atomic E-state index is -4.86. The van der Waals surface area contributed by atoms with Crippen LogP contribution in [0.3, 0.4) is 0 Å². The van der Waals surface area contributed by atoms with Gasteiger partial charge in [0.25, 0.3) is 11.2 Å². The highest BCUT2D eigenvalue weighted by Gasteiger charge is 2.36. The lowest BCUT2D eigenvalue weighted by Crippen LogP contribution is -2.25. The fourth-order valence-corrected chi connectivity index (χ4v) is 3.96. The monoisotopic (exact) mass is 489 g/mol. The summed E-state index contributed by atoms with van der Waals surface area (Å²) in [5.74, 6) is 0.955. The summed E-state index contributed by atoms with van der Waals surface area (Å²) >= 11 is 0. The second kappa shape index (κ2) is 9.62. The maximum atomic E-state index is 13.8. The van der Waals surface area contributed by atoms with E-state index in [1.807, 2.05) is 32.0 Å². The van der Waals surface area contributed by atoms with Crippen LogP contribution >= 0.6 is 0 Å². The Labute approximate surface area is 206 Å². The molecule has 0 bridgehead atoms. The second-order valence-electron chi connectivity index (χ2n) is 8.42. The van der Waals surface area contributed by atoms with Crippen LogP contribution in [-0.4, -0.2) is 4.57 Å². The van der Waals surface area contributed by atoms with Gasteiger partial charge in [0.15, 0.2) is 0 Å². The molecule has 8 heteroatoms. The van der Waals surface area contributed by atoms with E-state index in [1.165, 1.54) is 4.57 Å². The summed E-state index contributed by atoms with van der Waals surface area (Å²) in [7, 11) is 0. The number of ether oxygens (including phenoxy) is 1. The molecule has 0 radical (unpaired) electrons. The molecular weight excluding hydrogens is 467 g/mol. The molecule has 0 fully saturated rings.